The minimum absolute atomic E-state index is 0.0378. The Morgan fingerprint density at radius 2 is 1.93 bits per heavy atom. The molecule has 4 heteroatoms. The maximum Gasteiger partial charge on any atom is 0.226 e. The molecule has 4 N–H and O–H groups in total. The van der Waals surface area contributed by atoms with Gasteiger partial charge in [0.25, 0.3) is 0 Å². The van der Waals surface area contributed by atoms with Gasteiger partial charge in [-0.2, -0.15) is 0 Å². The second kappa shape index (κ2) is 4.79. The van der Waals surface area contributed by atoms with Gasteiger partial charge in [0, 0.05) is 26.3 Å². The van der Waals surface area contributed by atoms with Gasteiger partial charge in [0.05, 0.1) is 6.42 Å². The number of hydrogen-bond acceptors (Lipinski definition) is 3. The third-order valence-electron chi connectivity index (χ3n) is 2.35. The molecule has 1 aromatic carbocycles. The van der Waals surface area contributed by atoms with Gasteiger partial charge in [-0.3, -0.25) is 4.79 Å². The Kier molecular flexibility index (Phi) is 3.68. The maximum absolute atomic E-state index is 11.5. The van der Waals surface area contributed by atoms with Gasteiger partial charge < -0.3 is 16.4 Å². The minimum atomic E-state index is 0.0378. The molecule has 0 bridgehead atoms. The van der Waals surface area contributed by atoms with E-state index in [1.165, 1.54) is 0 Å². The van der Waals surface area contributed by atoms with E-state index < -0.39 is 0 Å². The minimum Gasteiger partial charge on any atom is -0.398 e. The van der Waals surface area contributed by atoms with E-state index >= 15 is 0 Å². The van der Waals surface area contributed by atoms with E-state index in [0.717, 1.165) is 11.1 Å². The van der Waals surface area contributed by atoms with Crippen LogP contribution in [0.15, 0.2) is 18.2 Å². The van der Waals surface area contributed by atoms with E-state index in [0.29, 0.717) is 18.7 Å². The lowest BCUT2D eigenvalue weighted by Gasteiger charge is -2.13. The molecule has 1 amide bonds. The van der Waals surface area contributed by atoms with Crippen molar-refractivity contribution in [1.29, 1.82) is 0 Å². The first-order chi connectivity index (χ1) is 7.06. The molecular weight excluding hydrogens is 190 g/mol. The number of amides is 1. The number of nitrogen functional groups attached to an aromatic ring is 1. The van der Waals surface area contributed by atoms with Crippen LogP contribution in [-0.2, 0) is 17.8 Å². The van der Waals surface area contributed by atoms with Crippen LogP contribution >= 0.6 is 0 Å². The summed E-state index contributed by atoms with van der Waals surface area (Å²) < 4.78 is 0. The first kappa shape index (κ1) is 11.5. The number of nitrogens with two attached hydrogens (primary N) is 2. The Morgan fingerprint density at radius 1 is 1.33 bits per heavy atom. The smallest absolute Gasteiger partial charge is 0.226 e. The van der Waals surface area contributed by atoms with E-state index in [1.54, 1.807) is 19.0 Å². The molecule has 15 heavy (non-hydrogen) atoms. The zero-order chi connectivity index (χ0) is 11.4. The van der Waals surface area contributed by atoms with Gasteiger partial charge in [-0.25, -0.2) is 0 Å². The van der Waals surface area contributed by atoms with Crippen molar-refractivity contribution >= 4 is 11.6 Å². The Hall–Kier alpha value is -1.55. The maximum atomic E-state index is 11.5. The molecule has 0 aromatic heterocycles. The first-order valence-electron chi connectivity index (χ1n) is 4.82. The highest BCUT2D eigenvalue weighted by atomic mass is 16.2. The molecule has 1 rings (SSSR count). The van der Waals surface area contributed by atoms with Crippen LogP contribution in [0.1, 0.15) is 11.1 Å². The Balaban J connectivity index is 2.91. The van der Waals surface area contributed by atoms with Crippen molar-refractivity contribution in [3.05, 3.63) is 29.3 Å². The molecule has 0 unspecified atom stereocenters. The van der Waals surface area contributed by atoms with Crippen LogP contribution in [0.5, 0.6) is 0 Å². The van der Waals surface area contributed by atoms with E-state index in [-0.39, 0.29) is 5.91 Å². The van der Waals surface area contributed by atoms with Crippen LogP contribution in [0.2, 0.25) is 0 Å². The second-order valence-corrected chi connectivity index (χ2v) is 3.66. The van der Waals surface area contributed by atoms with Crippen LogP contribution in [0.25, 0.3) is 0 Å². The Bertz CT molecular complexity index is 361. The number of anilines is 1. The number of carbonyl (C=O) groups excluding carboxylic acids is 1. The van der Waals surface area contributed by atoms with Crippen LogP contribution < -0.4 is 11.5 Å². The van der Waals surface area contributed by atoms with Gasteiger partial charge >= 0.3 is 0 Å². The molecule has 0 radical (unpaired) electrons. The second-order valence-electron chi connectivity index (χ2n) is 3.66. The Morgan fingerprint density at radius 3 is 2.47 bits per heavy atom. The molecule has 82 valence electrons. The molecule has 0 atom stereocenters. The van der Waals surface area contributed by atoms with Crippen molar-refractivity contribution in [2.24, 2.45) is 5.73 Å². The highest BCUT2D eigenvalue weighted by molar-refractivity contribution is 5.80. The number of para-hydroxylation sites is 1. The Labute approximate surface area is 89.9 Å². The standard InChI is InChI=1S/C11H17N3O/c1-14(2)10(15)6-8-4-3-5-9(7-12)11(8)13/h3-5H,6-7,12-13H2,1-2H3. The summed E-state index contributed by atoms with van der Waals surface area (Å²) in [5.74, 6) is 0.0378. The van der Waals surface area contributed by atoms with Crippen LogP contribution in [-0.4, -0.2) is 24.9 Å². The normalized spacial score (nSPS) is 10.1. The van der Waals surface area contributed by atoms with Gasteiger partial charge in [-0.05, 0) is 11.1 Å². The molecule has 4 nitrogen and oxygen atoms in total. The summed E-state index contributed by atoms with van der Waals surface area (Å²) in [6.45, 7) is 0.399. The third-order valence-corrected chi connectivity index (χ3v) is 2.35. The van der Waals surface area contributed by atoms with Crippen molar-refractivity contribution in [2.75, 3.05) is 19.8 Å². The SMILES string of the molecule is CN(C)C(=O)Cc1cccc(CN)c1N. The summed E-state index contributed by atoms with van der Waals surface area (Å²) in [5, 5.41) is 0. The molecule has 0 saturated heterocycles. The van der Waals surface area contributed by atoms with E-state index in [4.69, 9.17) is 11.5 Å². The zero-order valence-corrected chi connectivity index (χ0v) is 9.16. The summed E-state index contributed by atoms with van der Waals surface area (Å²) >= 11 is 0. The largest absolute Gasteiger partial charge is 0.398 e. The topological polar surface area (TPSA) is 72.3 Å². The van der Waals surface area contributed by atoms with E-state index in [1.807, 2.05) is 18.2 Å². The number of hydrogen-bond donors (Lipinski definition) is 2. The highest BCUT2D eigenvalue weighted by Gasteiger charge is 2.09. The number of rotatable bonds is 3. The summed E-state index contributed by atoms with van der Waals surface area (Å²) in [4.78, 5) is 13.1. The summed E-state index contributed by atoms with van der Waals surface area (Å²) in [6, 6.07) is 5.60. The lowest BCUT2D eigenvalue weighted by Crippen LogP contribution is -2.24. The van der Waals surface area contributed by atoms with Gasteiger partial charge in [0.2, 0.25) is 5.91 Å². The van der Waals surface area contributed by atoms with Crippen molar-refractivity contribution in [1.82, 2.24) is 4.90 Å². The van der Waals surface area contributed by atoms with E-state index in [9.17, 15) is 4.79 Å². The van der Waals surface area contributed by atoms with Crippen LogP contribution in [0.4, 0.5) is 5.69 Å². The lowest BCUT2D eigenvalue weighted by molar-refractivity contribution is -0.127. The van der Waals surface area contributed by atoms with Gasteiger partial charge in [-0.1, -0.05) is 18.2 Å². The fourth-order valence-corrected chi connectivity index (χ4v) is 1.32. The molecule has 1 aromatic rings. The van der Waals surface area contributed by atoms with Crippen molar-refractivity contribution in [3.8, 4) is 0 Å². The van der Waals surface area contributed by atoms with Gasteiger partial charge in [0.15, 0.2) is 0 Å². The fraction of sp³-hybridized carbons (Fsp3) is 0.364. The number of nitrogens with zero attached hydrogens (tertiary/aromatic N) is 1. The molecule has 0 aliphatic rings. The van der Waals surface area contributed by atoms with Crippen molar-refractivity contribution < 1.29 is 4.79 Å². The monoisotopic (exact) mass is 207 g/mol. The first-order valence-corrected chi connectivity index (χ1v) is 4.82. The average Bonchev–Trinajstić information content (AvgIpc) is 2.21. The fourth-order valence-electron chi connectivity index (χ4n) is 1.32. The predicted molar refractivity (Wildman–Crippen MR) is 61.1 cm³/mol. The van der Waals surface area contributed by atoms with Crippen LogP contribution in [0.3, 0.4) is 0 Å². The molecule has 0 fully saturated rings. The molecule has 0 saturated carbocycles. The van der Waals surface area contributed by atoms with Crippen LogP contribution in [0, 0.1) is 0 Å². The summed E-state index contributed by atoms with van der Waals surface area (Å²) in [5.41, 5.74) is 13.8. The van der Waals surface area contributed by atoms with E-state index in [2.05, 4.69) is 0 Å². The summed E-state index contributed by atoms with van der Waals surface area (Å²) in [7, 11) is 3.45. The number of likely N-dealkylation sites (N-methyl/N-ethyl adjacent to an activating group) is 1. The lowest BCUT2D eigenvalue weighted by atomic mass is 10.0. The summed E-state index contributed by atoms with van der Waals surface area (Å²) in [6.07, 6.45) is 0.326. The third kappa shape index (κ3) is 2.70. The zero-order valence-electron chi connectivity index (χ0n) is 9.16. The van der Waals surface area contributed by atoms with Crippen molar-refractivity contribution in [2.45, 2.75) is 13.0 Å². The molecule has 0 aliphatic carbocycles. The molecule has 0 aliphatic heterocycles. The van der Waals surface area contributed by atoms with Gasteiger partial charge in [-0.15, -0.1) is 0 Å². The average molecular weight is 207 g/mol. The molecule has 0 heterocycles. The van der Waals surface area contributed by atoms with Crippen molar-refractivity contribution in [3.63, 3.8) is 0 Å². The molecule has 0 spiro atoms. The van der Waals surface area contributed by atoms with Gasteiger partial charge in [0.1, 0.15) is 0 Å². The molecular formula is C11H17N3O. The predicted octanol–water partition coefficient (Wildman–Crippen LogP) is 0.358. The number of benzene rings is 1. The quantitative estimate of drug-likeness (QED) is 0.703. The highest BCUT2D eigenvalue weighted by Crippen LogP contribution is 2.17. The number of carbonyl (C=O) groups is 1.